The van der Waals surface area contributed by atoms with Gasteiger partial charge in [-0.3, -0.25) is 4.79 Å². The van der Waals surface area contributed by atoms with E-state index in [2.05, 4.69) is 29.3 Å². The van der Waals surface area contributed by atoms with Crippen molar-refractivity contribution in [2.75, 3.05) is 20.2 Å². The van der Waals surface area contributed by atoms with Gasteiger partial charge in [-0.05, 0) is 49.4 Å². The predicted octanol–water partition coefficient (Wildman–Crippen LogP) is 2.96. The van der Waals surface area contributed by atoms with E-state index in [1.807, 2.05) is 12.1 Å². The lowest BCUT2D eigenvalue weighted by molar-refractivity contribution is -0.134. The summed E-state index contributed by atoms with van der Waals surface area (Å²) in [7, 11) is 1.67. The molecule has 1 N–H and O–H groups in total. The van der Waals surface area contributed by atoms with Gasteiger partial charge >= 0.3 is 0 Å². The Labute approximate surface area is 145 Å². The molecule has 0 saturated carbocycles. The molecule has 0 radical (unpaired) electrons. The Hall–Kier alpha value is -1.26. The topological polar surface area (TPSA) is 41.6 Å². The smallest absolute Gasteiger partial charge is 0.223 e. The van der Waals surface area contributed by atoms with Crippen LogP contribution in [0.15, 0.2) is 24.3 Å². The molecule has 2 heterocycles. The van der Waals surface area contributed by atoms with Crippen molar-refractivity contribution in [1.29, 1.82) is 0 Å². The van der Waals surface area contributed by atoms with Crippen molar-refractivity contribution in [3.63, 3.8) is 0 Å². The summed E-state index contributed by atoms with van der Waals surface area (Å²) in [5.41, 5.74) is 1.20. The van der Waals surface area contributed by atoms with Gasteiger partial charge in [0, 0.05) is 25.0 Å². The summed E-state index contributed by atoms with van der Waals surface area (Å²) in [6.45, 7) is 4.13. The lowest BCUT2D eigenvalue weighted by Gasteiger charge is -2.29. The van der Waals surface area contributed by atoms with Gasteiger partial charge in [-0.15, -0.1) is 12.4 Å². The van der Waals surface area contributed by atoms with Gasteiger partial charge < -0.3 is 15.0 Å². The van der Waals surface area contributed by atoms with Crippen LogP contribution in [0, 0.1) is 0 Å². The number of hydrogen-bond acceptors (Lipinski definition) is 3. The fourth-order valence-corrected chi connectivity index (χ4v) is 3.81. The van der Waals surface area contributed by atoms with Crippen LogP contribution < -0.4 is 10.1 Å². The zero-order chi connectivity index (χ0) is 15.5. The van der Waals surface area contributed by atoms with E-state index < -0.39 is 0 Å². The number of halogens is 1. The van der Waals surface area contributed by atoms with E-state index in [4.69, 9.17) is 4.74 Å². The lowest BCUT2D eigenvalue weighted by Crippen LogP contribution is -2.42. The molecule has 0 aliphatic carbocycles. The van der Waals surface area contributed by atoms with Gasteiger partial charge in [0.15, 0.2) is 0 Å². The average molecular weight is 339 g/mol. The summed E-state index contributed by atoms with van der Waals surface area (Å²) in [6, 6.07) is 8.93. The molecule has 2 saturated heterocycles. The number of nitrogens with one attached hydrogen (secondary N) is 1. The first-order valence-electron chi connectivity index (χ1n) is 8.35. The summed E-state index contributed by atoms with van der Waals surface area (Å²) in [6.07, 6.45) is 4.02. The van der Waals surface area contributed by atoms with Gasteiger partial charge in [0.2, 0.25) is 5.91 Å². The van der Waals surface area contributed by atoms with Gasteiger partial charge in [0.1, 0.15) is 5.75 Å². The molecule has 3 atom stereocenters. The molecule has 0 aromatic heterocycles. The van der Waals surface area contributed by atoms with Crippen molar-refractivity contribution in [2.45, 2.75) is 50.6 Å². The molecule has 2 aliphatic heterocycles. The van der Waals surface area contributed by atoms with Gasteiger partial charge in [0.25, 0.3) is 0 Å². The Balaban J connectivity index is 0.00000192. The number of ether oxygens (including phenoxy) is 1. The molecule has 1 aromatic carbocycles. The Morgan fingerprint density at radius 2 is 1.96 bits per heavy atom. The maximum Gasteiger partial charge on any atom is 0.223 e. The molecule has 23 heavy (non-hydrogen) atoms. The van der Waals surface area contributed by atoms with Crippen LogP contribution in [0.1, 0.15) is 44.1 Å². The average Bonchev–Trinajstić information content (AvgIpc) is 2.80. The van der Waals surface area contributed by atoms with Gasteiger partial charge in [-0.2, -0.15) is 0 Å². The highest BCUT2D eigenvalue weighted by Gasteiger charge is 2.38. The van der Waals surface area contributed by atoms with Crippen LogP contribution in [-0.2, 0) is 4.79 Å². The van der Waals surface area contributed by atoms with E-state index >= 15 is 0 Å². The monoisotopic (exact) mass is 338 g/mol. The van der Waals surface area contributed by atoms with E-state index in [9.17, 15) is 4.79 Å². The van der Waals surface area contributed by atoms with Crippen LogP contribution in [0.3, 0.4) is 0 Å². The molecular weight excluding hydrogens is 312 g/mol. The van der Waals surface area contributed by atoms with Crippen LogP contribution in [-0.4, -0.2) is 43.1 Å². The minimum atomic E-state index is 0. The summed E-state index contributed by atoms with van der Waals surface area (Å²) >= 11 is 0. The molecule has 0 spiro atoms. The van der Waals surface area contributed by atoms with Crippen LogP contribution in [0.2, 0.25) is 0 Å². The van der Waals surface area contributed by atoms with Crippen molar-refractivity contribution in [3.05, 3.63) is 29.8 Å². The minimum absolute atomic E-state index is 0. The highest BCUT2D eigenvalue weighted by molar-refractivity contribution is 5.85. The fraction of sp³-hybridized carbons (Fsp3) is 0.611. The molecule has 3 rings (SSSR count). The van der Waals surface area contributed by atoms with Crippen LogP contribution in [0.4, 0.5) is 0 Å². The molecule has 3 unspecified atom stereocenters. The first-order valence-corrected chi connectivity index (χ1v) is 8.35. The zero-order valence-electron chi connectivity index (χ0n) is 14.0. The minimum Gasteiger partial charge on any atom is -0.497 e. The van der Waals surface area contributed by atoms with Gasteiger partial charge in [0.05, 0.1) is 7.11 Å². The van der Waals surface area contributed by atoms with Gasteiger partial charge in [-0.1, -0.05) is 19.1 Å². The number of amides is 1. The number of carbonyl (C=O) groups is 1. The van der Waals surface area contributed by atoms with E-state index in [1.165, 1.54) is 12.0 Å². The molecule has 2 aliphatic rings. The summed E-state index contributed by atoms with van der Waals surface area (Å²) in [5.74, 6) is 1.42. The fourth-order valence-electron chi connectivity index (χ4n) is 3.81. The quantitative estimate of drug-likeness (QED) is 0.917. The summed E-state index contributed by atoms with van der Waals surface area (Å²) in [4.78, 5) is 15.0. The number of benzene rings is 1. The molecule has 4 nitrogen and oxygen atoms in total. The highest BCUT2D eigenvalue weighted by Crippen LogP contribution is 2.31. The normalized spacial score (nSPS) is 24.5. The number of hydrogen-bond donors (Lipinski definition) is 1. The van der Waals surface area contributed by atoms with Crippen molar-refractivity contribution in [2.24, 2.45) is 0 Å². The lowest BCUT2D eigenvalue weighted by atomic mass is 9.96. The highest BCUT2D eigenvalue weighted by atomic mass is 35.5. The number of carbonyl (C=O) groups excluding carboxylic acids is 1. The van der Waals surface area contributed by atoms with Crippen molar-refractivity contribution >= 4 is 18.3 Å². The second kappa shape index (κ2) is 8.02. The maximum atomic E-state index is 12.8. The maximum absolute atomic E-state index is 12.8. The van der Waals surface area contributed by atoms with E-state index in [1.54, 1.807) is 7.11 Å². The number of nitrogens with zero attached hydrogens (tertiary/aromatic N) is 1. The molecule has 1 aromatic rings. The Bertz CT molecular complexity index is 506. The standard InChI is InChI=1S/C18H26N2O2.ClH/c1-13(14-3-7-17(22-2)8-4-14)11-18(21)20-15-5-6-16(20)12-19-10-9-15;/h3-4,7-8,13,15-16,19H,5-6,9-12H2,1-2H3;1H. The Morgan fingerprint density at radius 3 is 2.65 bits per heavy atom. The van der Waals surface area contributed by atoms with Crippen molar-refractivity contribution in [3.8, 4) is 5.75 Å². The zero-order valence-corrected chi connectivity index (χ0v) is 14.8. The second-order valence-corrected chi connectivity index (χ2v) is 6.56. The first-order chi connectivity index (χ1) is 10.7. The summed E-state index contributed by atoms with van der Waals surface area (Å²) < 4.78 is 5.19. The number of rotatable bonds is 4. The molecule has 1 amide bonds. The van der Waals surface area contributed by atoms with Crippen molar-refractivity contribution < 1.29 is 9.53 Å². The van der Waals surface area contributed by atoms with E-state index in [-0.39, 0.29) is 18.3 Å². The molecule has 5 heteroatoms. The van der Waals surface area contributed by atoms with Gasteiger partial charge in [-0.25, -0.2) is 0 Å². The van der Waals surface area contributed by atoms with Crippen LogP contribution in [0.5, 0.6) is 5.75 Å². The molecular formula is C18H27ClN2O2. The van der Waals surface area contributed by atoms with E-state index in [0.29, 0.717) is 24.4 Å². The number of fused-ring (bicyclic) bond motifs is 2. The molecule has 2 bridgehead atoms. The Morgan fingerprint density at radius 1 is 1.26 bits per heavy atom. The molecule has 128 valence electrons. The second-order valence-electron chi connectivity index (χ2n) is 6.56. The SMILES string of the molecule is COc1ccc(C(C)CC(=O)N2C3CCNCC2CC3)cc1.Cl. The first kappa shape index (κ1) is 18.1. The van der Waals surface area contributed by atoms with Crippen molar-refractivity contribution in [1.82, 2.24) is 10.2 Å². The summed E-state index contributed by atoms with van der Waals surface area (Å²) in [5, 5.41) is 3.45. The molecule has 2 fully saturated rings. The number of methoxy groups -OCH3 is 1. The Kier molecular flexibility index (Phi) is 6.31. The predicted molar refractivity (Wildman–Crippen MR) is 94.4 cm³/mol. The third kappa shape index (κ3) is 3.99. The van der Waals surface area contributed by atoms with Crippen LogP contribution in [0.25, 0.3) is 0 Å². The third-order valence-electron chi connectivity index (χ3n) is 5.11. The van der Waals surface area contributed by atoms with E-state index in [0.717, 1.165) is 31.7 Å². The van der Waals surface area contributed by atoms with Crippen LogP contribution >= 0.6 is 12.4 Å². The third-order valence-corrected chi connectivity index (χ3v) is 5.11. The largest absolute Gasteiger partial charge is 0.497 e.